The Morgan fingerprint density at radius 2 is 1.34 bits per heavy atom. The van der Waals surface area contributed by atoms with Crippen molar-refractivity contribution in [3.05, 3.63) is 47.3 Å². The maximum Gasteiger partial charge on any atom is 0.205 e. The summed E-state index contributed by atoms with van der Waals surface area (Å²) in [6.45, 7) is 8.19. The van der Waals surface area contributed by atoms with E-state index in [4.69, 9.17) is 28.8 Å². The molecule has 41 heavy (non-hydrogen) atoms. The number of likely N-dealkylation sites (N-methyl/N-ethyl adjacent to an activating group) is 1. The molecule has 0 amide bonds. The van der Waals surface area contributed by atoms with Gasteiger partial charge in [0.1, 0.15) is 35.4 Å². The van der Waals surface area contributed by atoms with E-state index in [2.05, 4.69) is 20.0 Å². The van der Waals surface area contributed by atoms with Crippen molar-refractivity contribution in [3.8, 4) is 0 Å². The Labute approximate surface area is 244 Å². The largest absolute Gasteiger partial charge is 0.466 e. The number of nitrogens with zero attached hydrogens (tertiary/aromatic N) is 9. The molecule has 4 rings (SSSR count). The molecule has 2 unspecified atom stereocenters. The molecule has 0 saturated heterocycles. The third-order valence-electron chi connectivity index (χ3n) is 7.01. The lowest BCUT2D eigenvalue weighted by Gasteiger charge is -2.38. The fourth-order valence-electron chi connectivity index (χ4n) is 4.81. The molecule has 2 aliphatic rings. The number of furan rings is 2. The van der Waals surface area contributed by atoms with Gasteiger partial charge < -0.3 is 28.4 Å². The fourth-order valence-corrected chi connectivity index (χ4v) is 4.81. The van der Waals surface area contributed by atoms with E-state index in [1.807, 2.05) is 97.1 Å². The number of hydrogen-bond acceptors (Lipinski definition) is 12. The summed E-state index contributed by atoms with van der Waals surface area (Å²) in [7, 11) is 12.1. The highest BCUT2D eigenvalue weighted by atomic mass is 16.3. The lowest BCUT2D eigenvalue weighted by atomic mass is 10.2. The Bertz CT molecular complexity index is 1290. The van der Waals surface area contributed by atoms with E-state index < -0.39 is 0 Å². The SMILES string of the molecule is Cc1ccc(CCN(C)C2=NC(CCN(CCc3ccc(C)o3)C3=NC(C)N=C(N(C)C)N3C)N=C(N(C)C)N2)o1. The molecular weight excluding hydrogens is 520 g/mol. The van der Waals surface area contributed by atoms with Gasteiger partial charge in [0.25, 0.3) is 0 Å². The second-order valence-corrected chi connectivity index (χ2v) is 11.1. The van der Waals surface area contributed by atoms with Crippen molar-refractivity contribution < 1.29 is 8.83 Å². The molecule has 0 aliphatic carbocycles. The molecule has 0 fully saturated rings. The molecule has 224 valence electrons. The molecule has 2 aromatic heterocycles. The molecule has 2 atom stereocenters. The topological polar surface area (TPSA) is 104 Å². The Morgan fingerprint density at radius 1 is 0.756 bits per heavy atom. The van der Waals surface area contributed by atoms with Gasteiger partial charge in [-0.05, 0) is 45.0 Å². The average molecular weight is 567 g/mol. The number of guanidine groups is 4. The van der Waals surface area contributed by atoms with Crippen molar-refractivity contribution in [2.75, 3.05) is 61.9 Å². The van der Waals surface area contributed by atoms with E-state index in [1.165, 1.54) is 0 Å². The maximum absolute atomic E-state index is 5.88. The molecule has 2 aromatic rings. The van der Waals surface area contributed by atoms with Gasteiger partial charge in [0.05, 0.1) is 0 Å². The molecule has 0 saturated carbocycles. The fraction of sp³-hybridized carbons (Fsp3) is 0.586. The van der Waals surface area contributed by atoms with Crippen LogP contribution < -0.4 is 5.32 Å². The summed E-state index contributed by atoms with van der Waals surface area (Å²) in [5.41, 5.74) is 0. The van der Waals surface area contributed by atoms with Crippen LogP contribution in [0.1, 0.15) is 36.4 Å². The molecule has 0 radical (unpaired) electrons. The quantitative estimate of drug-likeness (QED) is 0.494. The highest BCUT2D eigenvalue weighted by Gasteiger charge is 2.28. The first kappa shape index (κ1) is 30.0. The summed E-state index contributed by atoms with van der Waals surface area (Å²) in [5.74, 6) is 7.14. The average Bonchev–Trinajstić information content (AvgIpc) is 3.55. The summed E-state index contributed by atoms with van der Waals surface area (Å²) in [5, 5.41) is 3.40. The van der Waals surface area contributed by atoms with E-state index in [0.29, 0.717) is 0 Å². The zero-order valence-electron chi connectivity index (χ0n) is 26.0. The monoisotopic (exact) mass is 566 g/mol. The highest BCUT2D eigenvalue weighted by Crippen LogP contribution is 2.16. The second-order valence-electron chi connectivity index (χ2n) is 11.1. The first-order valence-corrected chi connectivity index (χ1v) is 14.2. The number of nitrogens with one attached hydrogen (secondary N) is 1. The molecular formula is C29H46N10O2. The van der Waals surface area contributed by atoms with Crippen LogP contribution in [0.4, 0.5) is 0 Å². The van der Waals surface area contributed by atoms with Crippen LogP contribution in [-0.2, 0) is 12.8 Å². The van der Waals surface area contributed by atoms with Crippen LogP contribution in [-0.4, -0.2) is 123 Å². The van der Waals surface area contributed by atoms with Crippen LogP contribution in [0, 0.1) is 13.8 Å². The lowest BCUT2D eigenvalue weighted by Crippen LogP contribution is -2.53. The normalized spacial score (nSPS) is 18.7. The van der Waals surface area contributed by atoms with Gasteiger partial charge in [-0.1, -0.05) is 0 Å². The van der Waals surface area contributed by atoms with E-state index in [-0.39, 0.29) is 12.3 Å². The first-order valence-electron chi connectivity index (χ1n) is 14.2. The summed E-state index contributed by atoms with van der Waals surface area (Å²) >= 11 is 0. The first-order chi connectivity index (χ1) is 19.5. The minimum atomic E-state index is -0.237. The van der Waals surface area contributed by atoms with Gasteiger partial charge in [-0.25, -0.2) is 20.0 Å². The van der Waals surface area contributed by atoms with Crippen LogP contribution in [0.3, 0.4) is 0 Å². The lowest BCUT2D eigenvalue weighted by molar-refractivity contribution is 0.336. The molecule has 0 aromatic carbocycles. The van der Waals surface area contributed by atoms with Crippen LogP contribution in [0.25, 0.3) is 0 Å². The number of rotatable bonds is 9. The van der Waals surface area contributed by atoms with Crippen LogP contribution in [0.2, 0.25) is 0 Å². The molecule has 1 N–H and O–H groups in total. The summed E-state index contributed by atoms with van der Waals surface area (Å²) < 4.78 is 11.6. The second kappa shape index (κ2) is 13.1. The minimum absolute atomic E-state index is 0.166. The van der Waals surface area contributed by atoms with Gasteiger partial charge in [0.2, 0.25) is 23.8 Å². The predicted octanol–water partition coefficient (Wildman–Crippen LogP) is 2.67. The standard InChI is InChI=1S/C29H46N10O2/c1-20-10-12-23(40-20)14-17-37(8)27-33-25(32-26(34-27)35(4)5)16-19-39(18-15-24-13-11-21(2)41-24)29-31-22(3)30-28(36(6)7)38(29)9/h10-13,22,25H,14-19H2,1-9H3,(H,32,33,34). The number of aliphatic imine (C=N–C) groups is 4. The van der Waals surface area contributed by atoms with E-state index >= 15 is 0 Å². The number of aryl methyl sites for hydroxylation is 2. The third-order valence-corrected chi connectivity index (χ3v) is 7.01. The predicted molar refractivity (Wildman–Crippen MR) is 164 cm³/mol. The molecule has 12 heteroatoms. The van der Waals surface area contributed by atoms with E-state index in [0.717, 1.165) is 85.8 Å². The van der Waals surface area contributed by atoms with Crippen molar-refractivity contribution in [2.45, 2.75) is 52.4 Å². The summed E-state index contributed by atoms with van der Waals surface area (Å²) in [6, 6.07) is 8.09. The zero-order valence-corrected chi connectivity index (χ0v) is 26.0. The van der Waals surface area contributed by atoms with Crippen molar-refractivity contribution in [3.63, 3.8) is 0 Å². The van der Waals surface area contributed by atoms with Gasteiger partial charge in [0, 0.05) is 81.2 Å². The van der Waals surface area contributed by atoms with Gasteiger partial charge in [-0.3, -0.25) is 10.2 Å². The Hall–Kier alpha value is -3.96. The van der Waals surface area contributed by atoms with Crippen LogP contribution >= 0.6 is 0 Å². The van der Waals surface area contributed by atoms with Gasteiger partial charge >= 0.3 is 0 Å². The molecule has 0 spiro atoms. The minimum Gasteiger partial charge on any atom is -0.466 e. The van der Waals surface area contributed by atoms with Crippen LogP contribution in [0.15, 0.2) is 53.1 Å². The molecule has 4 heterocycles. The van der Waals surface area contributed by atoms with Gasteiger partial charge in [-0.2, -0.15) is 0 Å². The number of hydrogen-bond donors (Lipinski definition) is 1. The third kappa shape index (κ3) is 7.83. The molecule has 12 nitrogen and oxygen atoms in total. The molecule has 0 bridgehead atoms. The Morgan fingerprint density at radius 3 is 1.90 bits per heavy atom. The van der Waals surface area contributed by atoms with Crippen molar-refractivity contribution in [2.24, 2.45) is 20.0 Å². The summed E-state index contributed by atoms with van der Waals surface area (Å²) in [6.07, 6.45) is 1.88. The summed E-state index contributed by atoms with van der Waals surface area (Å²) in [4.78, 5) is 30.1. The van der Waals surface area contributed by atoms with E-state index in [1.54, 1.807) is 0 Å². The maximum atomic E-state index is 5.88. The zero-order chi connectivity index (χ0) is 29.7. The van der Waals surface area contributed by atoms with Crippen LogP contribution in [0.5, 0.6) is 0 Å². The Balaban J connectivity index is 1.50. The van der Waals surface area contributed by atoms with Gasteiger partial charge in [0.15, 0.2) is 0 Å². The van der Waals surface area contributed by atoms with Gasteiger partial charge in [-0.15, -0.1) is 0 Å². The van der Waals surface area contributed by atoms with E-state index in [9.17, 15) is 0 Å². The van der Waals surface area contributed by atoms with Crippen molar-refractivity contribution in [1.82, 2.24) is 29.8 Å². The van der Waals surface area contributed by atoms with Crippen molar-refractivity contribution in [1.29, 1.82) is 0 Å². The molecule has 2 aliphatic heterocycles. The van der Waals surface area contributed by atoms with Crippen molar-refractivity contribution >= 4 is 23.8 Å². The highest BCUT2D eigenvalue weighted by molar-refractivity contribution is 6.00. The smallest absolute Gasteiger partial charge is 0.205 e. The Kier molecular flexibility index (Phi) is 9.61.